The standard InChI is InChI=1S/C14H28O5/c1-3-4-5-6-7-12(13(18)19)11(2)14(8-15,9-16)10-17/h11-12,15-17H,3-10H2,1-2H3,(H,18,19). The number of carbonyl (C=O) groups is 1. The number of carboxylic acids is 1. The van der Waals surface area contributed by atoms with Gasteiger partial charge in [-0.05, 0) is 12.3 Å². The summed E-state index contributed by atoms with van der Waals surface area (Å²) in [5, 5.41) is 37.4. The molecule has 0 fully saturated rings. The topological polar surface area (TPSA) is 98.0 Å². The molecule has 0 saturated carbocycles. The van der Waals surface area contributed by atoms with Crippen LogP contribution in [0.5, 0.6) is 0 Å². The Kier molecular flexibility index (Phi) is 8.97. The van der Waals surface area contributed by atoms with E-state index < -0.39 is 43.0 Å². The summed E-state index contributed by atoms with van der Waals surface area (Å²) in [6.07, 6.45) is 4.47. The van der Waals surface area contributed by atoms with E-state index >= 15 is 0 Å². The Bertz CT molecular complexity index is 242. The maximum atomic E-state index is 11.4. The number of unbranched alkanes of at least 4 members (excludes halogenated alkanes) is 3. The van der Waals surface area contributed by atoms with Gasteiger partial charge in [-0.15, -0.1) is 0 Å². The van der Waals surface area contributed by atoms with Gasteiger partial charge in [-0.1, -0.05) is 39.5 Å². The lowest BCUT2D eigenvalue weighted by Crippen LogP contribution is -2.45. The van der Waals surface area contributed by atoms with Gasteiger partial charge in [0.2, 0.25) is 0 Å². The molecule has 4 N–H and O–H groups in total. The van der Waals surface area contributed by atoms with E-state index in [1.54, 1.807) is 6.92 Å². The highest BCUT2D eigenvalue weighted by atomic mass is 16.4. The van der Waals surface area contributed by atoms with Crippen molar-refractivity contribution in [3.63, 3.8) is 0 Å². The number of hydrogen-bond donors (Lipinski definition) is 4. The van der Waals surface area contributed by atoms with Crippen LogP contribution >= 0.6 is 0 Å². The first-order valence-electron chi connectivity index (χ1n) is 7.04. The second-order valence-corrected chi connectivity index (χ2v) is 5.42. The maximum absolute atomic E-state index is 11.4. The molecule has 0 radical (unpaired) electrons. The minimum atomic E-state index is -1.13. The van der Waals surface area contributed by atoms with Crippen molar-refractivity contribution in [2.24, 2.45) is 17.3 Å². The van der Waals surface area contributed by atoms with E-state index in [0.717, 1.165) is 25.7 Å². The fourth-order valence-corrected chi connectivity index (χ4v) is 2.39. The van der Waals surface area contributed by atoms with E-state index in [9.17, 15) is 25.2 Å². The lowest BCUT2D eigenvalue weighted by atomic mass is 9.70. The van der Waals surface area contributed by atoms with Crippen LogP contribution in [0.15, 0.2) is 0 Å². The number of aliphatic hydroxyl groups is 3. The van der Waals surface area contributed by atoms with Gasteiger partial charge in [0.05, 0.1) is 25.7 Å². The predicted molar refractivity (Wildman–Crippen MR) is 72.7 cm³/mol. The van der Waals surface area contributed by atoms with Crippen molar-refractivity contribution in [2.75, 3.05) is 19.8 Å². The number of aliphatic hydroxyl groups excluding tert-OH is 3. The second-order valence-electron chi connectivity index (χ2n) is 5.42. The Balaban J connectivity index is 4.71. The average molecular weight is 276 g/mol. The van der Waals surface area contributed by atoms with Crippen LogP contribution in [0.4, 0.5) is 0 Å². The first kappa shape index (κ1) is 18.4. The summed E-state index contributed by atoms with van der Waals surface area (Å²) < 4.78 is 0. The lowest BCUT2D eigenvalue weighted by Gasteiger charge is -2.37. The number of hydrogen-bond acceptors (Lipinski definition) is 4. The van der Waals surface area contributed by atoms with Crippen molar-refractivity contribution in [3.05, 3.63) is 0 Å². The summed E-state index contributed by atoms with van der Waals surface area (Å²) in [7, 11) is 0. The molecule has 0 bridgehead atoms. The summed E-state index contributed by atoms with van der Waals surface area (Å²) in [5.41, 5.74) is -1.13. The molecule has 5 nitrogen and oxygen atoms in total. The van der Waals surface area contributed by atoms with Gasteiger partial charge in [0.25, 0.3) is 0 Å². The van der Waals surface area contributed by atoms with Crippen LogP contribution in [0.1, 0.15) is 46.0 Å². The third-order valence-electron chi connectivity index (χ3n) is 4.20. The lowest BCUT2D eigenvalue weighted by molar-refractivity contribution is -0.148. The predicted octanol–water partition coefficient (Wildman–Crippen LogP) is 1.26. The summed E-state index contributed by atoms with van der Waals surface area (Å²) in [4.78, 5) is 11.4. The minimum Gasteiger partial charge on any atom is -0.481 e. The molecule has 0 aliphatic heterocycles. The molecule has 0 aromatic rings. The van der Waals surface area contributed by atoms with Gasteiger partial charge in [0.15, 0.2) is 0 Å². The maximum Gasteiger partial charge on any atom is 0.306 e. The van der Waals surface area contributed by atoms with Gasteiger partial charge in [-0.3, -0.25) is 4.79 Å². The highest BCUT2D eigenvalue weighted by Gasteiger charge is 2.41. The first-order chi connectivity index (χ1) is 8.98. The molecule has 0 saturated heterocycles. The Morgan fingerprint density at radius 2 is 1.58 bits per heavy atom. The van der Waals surface area contributed by atoms with E-state index in [-0.39, 0.29) is 0 Å². The molecule has 0 rings (SSSR count). The average Bonchev–Trinajstić information content (AvgIpc) is 2.40. The summed E-state index contributed by atoms with van der Waals surface area (Å²) in [6.45, 7) is 2.52. The smallest absolute Gasteiger partial charge is 0.306 e. The minimum absolute atomic E-state index is 0.417. The van der Waals surface area contributed by atoms with Crippen molar-refractivity contribution in [1.29, 1.82) is 0 Å². The molecule has 0 aromatic heterocycles. The van der Waals surface area contributed by atoms with E-state index in [1.165, 1.54) is 0 Å². The summed E-state index contributed by atoms with van der Waals surface area (Å²) in [6, 6.07) is 0. The van der Waals surface area contributed by atoms with Crippen molar-refractivity contribution < 1.29 is 25.2 Å². The summed E-state index contributed by atoms with van der Waals surface area (Å²) in [5.74, 6) is -2.06. The van der Waals surface area contributed by atoms with E-state index in [2.05, 4.69) is 6.92 Å². The van der Waals surface area contributed by atoms with Gasteiger partial charge < -0.3 is 20.4 Å². The molecule has 0 aliphatic carbocycles. The Morgan fingerprint density at radius 3 is 1.95 bits per heavy atom. The quantitative estimate of drug-likeness (QED) is 0.426. The molecule has 0 heterocycles. The molecule has 0 aliphatic rings. The molecule has 2 unspecified atom stereocenters. The fourth-order valence-electron chi connectivity index (χ4n) is 2.39. The zero-order chi connectivity index (χ0) is 14.9. The van der Waals surface area contributed by atoms with Gasteiger partial charge in [0, 0.05) is 5.41 Å². The van der Waals surface area contributed by atoms with E-state index in [0.29, 0.717) is 6.42 Å². The monoisotopic (exact) mass is 276 g/mol. The molecule has 0 spiro atoms. The van der Waals surface area contributed by atoms with Crippen LogP contribution in [0.2, 0.25) is 0 Å². The number of aliphatic carboxylic acids is 1. The molecule has 114 valence electrons. The molecular formula is C14H28O5. The van der Waals surface area contributed by atoms with Crippen molar-refractivity contribution in [3.8, 4) is 0 Å². The third kappa shape index (κ3) is 5.09. The second kappa shape index (κ2) is 9.28. The largest absolute Gasteiger partial charge is 0.481 e. The number of rotatable bonds is 11. The molecule has 19 heavy (non-hydrogen) atoms. The van der Waals surface area contributed by atoms with Crippen LogP contribution in [-0.2, 0) is 4.79 Å². The summed E-state index contributed by atoms with van der Waals surface area (Å²) >= 11 is 0. The van der Waals surface area contributed by atoms with Crippen LogP contribution in [-0.4, -0.2) is 46.2 Å². The zero-order valence-corrected chi connectivity index (χ0v) is 12.0. The van der Waals surface area contributed by atoms with Crippen LogP contribution < -0.4 is 0 Å². The van der Waals surface area contributed by atoms with E-state index in [4.69, 9.17) is 0 Å². The van der Waals surface area contributed by atoms with E-state index in [1.807, 2.05) is 0 Å². The van der Waals surface area contributed by atoms with Crippen LogP contribution in [0.3, 0.4) is 0 Å². The zero-order valence-electron chi connectivity index (χ0n) is 12.0. The van der Waals surface area contributed by atoms with Gasteiger partial charge in [-0.2, -0.15) is 0 Å². The van der Waals surface area contributed by atoms with Gasteiger partial charge >= 0.3 is 5.97 Å². The fraction of sp³-hybridized carbons (Fsp3) is 0.929. The highest BCUT2D eigenvalue weighted by Crippen LogP contribution is 2.35. The Hall–Kier alpha value is -0.650. The molecule has 5 heteroatoms. The Labute approximate surface area is 115 Å². The third-order valence-corrected chi connectivity index (χ3v) is 4.20. The van der Waals surface area contributed by atoms with Crippen molar-refractivity contribution >= 4 is 5.97 Å². The van der Waals surface area contributed by atoms with Gasteiger partial charge in [0.1, 0.15) is 0 Å². The number of carboxylic acid groups (broad SMARTS) is 1. The first-order valence-corrected chi connectivity index (χ1v) is 7.04. The normalized spacial score (nSPS) is 15.2. The molecule has 2 atom stereocenters. The molecule has 0 aromatic carbocycles. The van der Waals surface area contributed by atoms with Crippen molar-refractivity contribution in [1.82, 2.24) is 0 Å². The molecule has 0 amide bonds. The van der Waals surface area contributed by atoms with Crippen LogP contribution in [0, 0.1) is 17.3 Å². The SMILES string of the molecule is CCCCCCC(C(=O)O)C(C)C(CO)(CO)CO. The van der Waals surface area contributed by atoms with Crippen molar-refractivity contribution in [2.45, 2.75) is 46.0 Å². The molecular weight excluding hydrogens is 248 g/mol. The Morgan fingerprint density at radius 1 is 1.05 bits per heavy atom. The van der Waals surface area contributed by atoms with Gasteiger partial charge in [-0.25, -0.2) is 0 Å². The highest BCUT2D eigenvalue weighted by molar-refractivity contribution is 5.70. The van der Waals surface area contributed by atoms with Crippen LogP contribution in [0.25, 0.3) is 0 Å².